The molecule has 0 saturated heterocycles. The molecule has 30 heavy (non-hydrogen) atoms. The number of rotatable bonds is 6. The Morgan fingerprint density at radius 3 is 2.63 bits per heavy atom. The molecular weight excluding hydrogens is 394 g/mol. The fourth-order valence-corrected chi connectivity index (χ4v) is 3.13. The highest BCUT2D eigenvalue weighted by molar-refractivity contribution is 5.86. The maximum Gasteiger partial charge on any atom is 0.511 e. The average molecular weight is 410 g/mol. The third-order valence-electron chi connectivity index (χ3n) is 4.53. The lowest BCUT2D eigenvalue weighted by Crippen LogP contribution is -2.06. The molecule has 0 aliphatic carbocycles. The summed E-state index contributed by atoms with van der Waals surface area (Å²) in [7, 11) is 0. The third-order valence-corrected chi connectivity index (χ3v) is 4.53. The zero-order chi connectivity index (χ0) is 21.1. The van der Waals surface area contributed by atoms with E-state index in [4.69, 9.17) is 14.6 Å². The summed E-state index contributed by atoms with van der Waals surface area (Å²) in [4.78, 5) is 10.9. The molecule has 0 bridgehead atoms. The summed E-state index contributed by atoms with van der Waals surface area (Å²) in [5.74, 6) is -0.289. The number of benzene rings is 3. The molecule has 0 atom stereocenters. The van der Waals surface area contributed by atoms with Crippen LogP contribution in [0.15, 0.2) is 66.9 Å². The van der Waals surface area contributed by atoms with Crippen LogP contribution in [0.1, 0.15) is 11.1 Å². The smallest absolute Gasteiger partial charge is 0.488 e. The monoisotopic (exact) mass is 410 g/mol. The normalized spacial score (nSPS) is 10.9. The van der Waals surface area contributed by atoms with Gasteiger partial charge >= 0.3 is 6.16 Å². The second-order valence-electron chi connectivity index (χ2n) is 6.49. The molecule has 1 heterocycles. The first-order valence-corrected chi connectivity index (χ1v) is 9.01. The second kappa shape index (κ2) is 8.20. The Kier molecular flexibility index (Phi) is 5.30. The highest BCUT2D eigenvalue weighted by Crippen LogP contribution is 2.28. The lowest BCUT2D eigenvalue weighted by molar-refractivity contribution is 0.145. The molecule has 1 N–H and O–H groups in total. The quantitative estimate of drug-likeness (QED) is 0.358. The lowest BCUT2D eigenvalue weighted by Gasteiger charge is -2.13. The molecule has 0 radical (unpaired) electrons. The number of halogens is 2. The van der Waals surface area contributed by atoms with Crippen LogP contribution in [0.3, 0.4) is 0 Å². The van der Waals surface area contributed by atoms with Gasteiger partial charge in [-0.05, 0) is 36.4 Å². The molecule has 4 aromatic rings. The van der Waals surface area contributed by atoms with Gasteiger partial charge < -0.3 is 14.6 Å². The molecule has 1 aromatic heterocycles. The van der Waals surface area contributed by atoms with Crippen LogP contribution in [0.4, 0.5) is 13.6 Å². The summed E-state index contributed by atoms with van der Waals surface area (Å²) in [5, 5.41) is 13.6. The Bertz CT molecular complexity index is 1220. The van der Waals surface area contributed by atoms with Gasteiger partial charge in [0.25, 0.3) is 0 Å². The number of carbonyl (C=O) groups is 1. The molecule has 0 spiro atoms. The third kappa shape index (κ3) is 4.07. The van der Waals surface area contributed by atoms with Gasteiger partial charge in [0, 0.05) is 11.1 Å². The van der Waals surface area contributed by atoms with E-state index in [-0.39, 0.29) is 24.7 Å². The van der Waals surface area contributed by atoms with E-state index in [1.54, 1.807) is 35.0 Å². The minimum atomic E-state index is -1.43. The second-order valence-corrected chi connectivity index (χ2v) is 6.49. The van der Waals surface area contributed by atoms with Crippen LogP contribution in [-0.2, 0) is 13.2 Å². The van der Waals surface area contributed by atoms with Crippen molar-refractivity contribution in [2.24, 2.45) is 0 Å². The number of aromatic nitrogens is 2. The Hall–Kier alpha value is -3.94. The van der Waals surface area contributed by atoms with Crippen LogP contribution in [0.2, 0.25) is 0 Å². The molecule has 152 valence electrons. The first-order valence-electron chi connectivity index (χ1n) is 9.01. The van der Waals surface area contributed by atoms with E-state index in [0.717, 1.165) is 0 Å². The van der Waals surface area contributed by atoms with Gasteiger partial charge in [0.05, 0.1) is 23.6 Å². The first kappa shape index (κ1) is 19.4. The highest BCUT2D eigenvalue weighted by Gasteiger charge is 2.14. The van der Waals surface area contributed by atoms with Gasteiger partial charge in [0.2, 0.25) is 0 Å². The van der Waals surface area contributed by atoms with Crippen molar-refractivity contribution in [1.29, 1.82) is 0 Å². The molecule has 4 rings (SSSR count). The SMILES string of the molecule is O=C(O)Oc1cccc2c1cnn2Cc1cc(F)ccc1OCc1ccccc1F. The Balaban J connectivity index is 1.63. The van der Waals surface area contributed by atoms with Gasteiger partial charge in [-0.15, -0.1) is 0 Å². The van der Waals surface area contributed by atoms with Gasteiger partial charge in [0.15, 0.2) is 0 Å². The van der Waals surface area contributed by atoms with Crippen molar-refractivity contribution in [2.45, 2.75) is 13.2 Å². The number of fused-ring (bicyclic) bond motifs is 1. The minimum absolute atomic E-state index is 0.0121. The molecule has 0 unspecified atom stereocenters. The van der Waals surface area contributed by atoms with Crippen molar-refractivity contribution in [1.82, 2.24) is 9.78 Å². The van der Waals surface area contributed by atoms with Gasteiger partial charge in [-0.3, -0.25) is 4.68 Å². The van der Waals surface area contributed by atoms with E-state index in [0.29, 0.717) is 27.8 Å². The molecule has 0 aliphatic rings. The molecule has 8 heteroatoms. The number of hydrogen-bond donors (Lipinski definition) is 1. The van der Waals surface area contributed by atoms with Crippen molar-refractivity contribution in [3.63, 3.8) is 0 Å². The standard InChI is InChI=1S/C22H16F2N2O4/c23-16-8-9-20(29-13-14-4-1-2-5-18(14)24)15(10-16)12-26-19-6-3-7-21(30-22(27)28)17(19)11-25-26/h1-11H,12-13H2,(H,27,28). The van der Waals surface area contributed by atoms with Crippen molar-refractivity contribution in [3.8, 4) is 11.5 Å². The number of nitrogens with zero attached hydrogens (tertiary/aromatic N) is 2. The van der Waals surface area contributed by atoms with Gasteiger partial charge in [-0.25, -0.2) is 13.6 Å². The van der Waals surface area contributed by atoms with Crippen LogP contribution in [0, 0.1) is 11.6 Å². The van der Waals surface area contributed by atoms with Crippen molar-refractivity contribution >= 4 is 17.1 Å². The van der Waals surface area contributed by atoms with Crippen molar-refractivity contribution in [3.05, 3.63) is 89.6 Å². The van der Waals surface area contributed by atoms with Gasteiger partial charge in [-0.1, -0.05) is 24.3 Å². The number of carboxylic acid groups (broad SMARTS) is 1. The molecule has 0 amide bonds. The summed E-state index contributed by atoms with van der Waals surface area (Å²) < 4.78 is 39.9. The maximum atomic E-state index is 13.9. The highest BCUT2D eigenvalue weighted by atomic mass is 19.1. The van der Waals surface area contributed by atoms with Crippen LogP contribution in [-0.4, -0.2) is 21.0 Å². The molecule has 3 aromatic carbocycles. The Labute approximate surface area is 169 Å². The fraction of sp³-hybridized carbons (Fsp3) is 0.0909. The van der Waals surface area contributed by atoms with Crippen LogP contribution in [0.5, 0.6) is 11.5 Å². The fourth-order valence-electron chi connectivity index (χ4n) is 3.13. The zero-order valence-electron chi connectivity index (χ0n) is 15.6. The topological polar surface area (TPSA) is 73.6 Å². The molecule has 0 fully saturated rings. The lowest BCUT2D eigenvalue weighted by atomic mass is 10.1. The summed E-state index contributed by atoms with van der Waals surface area (Å²) in [6.45, 7) is 0.145. The first-order chi connectivity index (χ1) is 14.5. The Morgan fingerprint density at radius 1 is 1.00 bits per heavy atom. The van der Waals surface area contributed by atoms with Gasteiger partial charge in [-0.2, -0.15) is 5.10 Å². The van der Waals surface area contributed by atoms with Crippen LogP contribution in [0.25, 0.3) is 10.9 Å². The average Bonchev–Trinajstić information content (AvgIpc) is 3.12. The molecule has 0 aliphatic heterocycles. The summed E-state index contributed by atoms with van der Waals surface area (Å²) in [6, 6.07) is 15.2. The summed E-state index contributed by atoms with van der Waals surface area (Å²) in [5.41, 5.74) is 1.49. The molecule has 6 nitrogen and oxygen atoms in total. The van der Waals surface area contributed by atoms with E-state index in [1.807, 2.05) is 0 Å². The zero-order valence-corrected chi connectivity index (χ0v) is 15.6. The predicted octanol–water partition coefficient (Wildman–Crippen LogP) is 5.00. The van der Waals surface area contributed by atoms with E-state index < -0.39 is 12.0 Å². The maximum absolute atomic E-state index is 13.9. The van der Waals surface area contributed by atoms with E-state index >= 15 is 0 Å². The number of hydrogen-bond acceptors (Lipinski definition) is 4. The predicted molar refractivity (Wildman–Crippen MR) is 105 cm³/mol. The van der Waals surface area contributed by atoms with E-state index in [1.165, 1.54) is 36.5 Å². The van der Waals surface area contributed by atoms with Gasteiger partial charge in [0.1, 0.15) is 29.7 Å². The van der Waals surface area contributed by atoms with Crippen LogP contribution < -0.4 is 9.47 Å². The van der Waals surface area contributed by atoms with E-state index in [2.05, 4.69) is 5.10 Å². The molecular formula is C22H16F2N2O4. The van der Waals surface area contributed by atoms with E-state index in [9.17, 15) is 13.6 Å². The summed E-state index contributed by atoms with van der Waals surface area (Å²) in [6.07, 6.45) is 0.0523. The largest absolute Gasteiger partial charge is 0.511 e. The van der Waals surface area contributed by atoms with Crippen LogP contribution >= 0.6 is 0 Å². The summed E-state index contributed by atoms with van der Waals surface area (Å²) >= 11 is 0. The minimum Gasteiger partial charge on any atom is -0.488 e. The molecule has 0 saturated carbocycles. The Morgan fingerprint density at radius 2 is 1.83 bits per heavy atom. The van der Waals surface area contributed by atoms with Crippen molar-refractivity contribution < 1.29 is 28.2 Å². The van der Waals surface area contributed by atoms with Crippen molar-refractivity contribution in [2.75, 3.05) is 0 Å². The number of ether oxygens (including phenoxy) is 2.